The number of rotatable bonds is 10. The number of hydrogen-bond acceptors (Lipinski definition) is 6. The second-order valence-corrected chi connectivity index (χ2v) is 6.04. The van der Waals surface area contributed by atoms with Gasteiger partial charge in [0, 0.05) is 6.08 Å². The summed E-state index contributed by atoms with van der Waals surface area (Å²) >= 11 is 0. The lowest BCUT2D eigenvalue weighted by Crippen LogP contribution is -2.10. The molecule has 0 atom stereocenters. The Hall–Kier alpha value is -3.93. The summed E-state index contributed by atoms with van der Waals surface area (Å²) in [6, 6.07) is 21.9. The molecule has 0 aliphatic carbocycles. The van der Waals surface area contributed by atoms with Crippen LogP contribution in [-0.2, 0) is 9.53 Å². The van der Waals surface area contributed by atoms with Crippen LogP contribution in [0.2, 0.25) is 0 Å². The van der Waals surface area contributed by atoms with Gasteiger partial charge in [-0.3, -0.25) is 0 Å². The number of ether oxygens (including phenoxy) is 5. The Morgan fingerprint density at radius 1 is 0.700 bits per heavy atom. The zero-order valence-electron chi connectivity index (χ0n) is 16.6. The second-order valence-electron chi connectivity index (χ2n) is 6.04. The minimum absolute atomic E-state index is 0.161. The van der Waals surface area contributed by atoms with Gasteiger partial charge in [0.1, 0.15) is 47.7 Å². The van der Waals surface area contributed by atoms with Crippen molar-refractivity contribution < 1.29 is 28.5 Å². The van der Waals surface area contributed by atoms with Gasteiger partial charge in [-0.2, -0.15) is 0 Å². The van der Waals surface area contributed by atoms with Crippen LogP contribution in [0.25, 0.3) is 0 Å². The Morgan fingerprint density at radius 2 is 1.10 bits per heavy atom. The first-order chi connectivity index (χ1) is 14.7. The van der Waals surface area contributed by atoms with Crippen molar-refractivity contribution in [2.75, 3.05) is 20.3 Å². The topological polar surface area (TPSA) is 63.2 Å². The van der Waals surface area contributed by atoms with Crippen molar-refractivity contribution in [3.63, 3.8) is 0 Å². The van der Waals surface area contributed by atoms with E-state index >= 15 is 0 Å². The maximum absolute atomic E-state index is 11.0. The fourth-order valence-electron chi connectivity index (χ4n) is 2.46. The summed E-state index contributed by atoms with van der Waals surface area (Å²) in [6.07, 6.45) is 1.11. The van der Waals surface area contributed by atoms with Gasteiger partial charge in [-0.1, -0.05) is 6.58 Å². The van der Waals surface area contributed by atoms with Crippen LogP contribution in [0, 0.1) is 0 Å². The number of hydrogen-bond donors (Lipinski definition) is 0. The van der Waals surface area contributed by atoms with Crippen LogP contribution in [-0.4, -0.2) is 26.3 Å². The minimum Gasteiger partial charge on any atom is -0.497 e. The molecule has 0 aliphatic heterocycles. The molecular formula is C24H22O6. The summed E-state index contributed by atoms with van der Waals surface area (Å²) in [6.45, 7) is 3.75. The molecule has 0 heterocycles. The predicted molar refractivity (Wildman–Crippen MR) is 113 cm³/mol. The van der Waals surface area contributed by atoms with E-state index < -0.39 is 5.97 Å². The van der Waals surface area contributed by atoms with E-state index in [0.717, 1.165) is 17.6 Å². The summed E-state index contributed by atoms with van der Waals surface area (Å²) in [5.74, 6) is 3.74. The molecular weight excluding hydrogens is 384 g/mol. The molecule has 30 heavy (non-hydrogen) atoms. The molecule has 3 aromatic carbocycles. The zero-order chi connectivity index (χ0) is 21.2. The first-order valence-electron chi connectivity index (χ1n) is 9.28. The van der Waals surface area contributed by atoms with Gasteiger partial charge >= 0.3 is 5.97 Å². The third-order valence-electron chi connectivity index (χ3n) is 3.94. The van der Waals surface area contributed by atoms with Crippen LogP contribution in [0.3, 0.4) is 0 Å². The van der Waals surface area contributed by atoms with Crippen molar-refractivity contribution in [1.82, 2.24) is 0 Å². The lowest BCUT2D eigenvalue weighted by Gasteiger charge is -2.10. The zero-order valence-corrected chi connectivity index (χ0v) is 16.6. The molecule has 0 bridgehead atoms. The van der Waals surface area contributed by atoms with Gasteiger partial charge in [-0.25, -0.2) is 4.79 Å². The third-order valence-corrected chi connectivity index (χ3v) is 3.94. The predicted octanol–water partition coefficient (Wildman–Crippen LogP) is 5.39. The quantitative estimate of drug-likeness (QED) is 0.256. The van der Waals surface area contributed by atoms with Crippen LogP contribution < -0.4 is 18.9 Å². The van der Waals surface area contributed by atoms with E-state index in [1.165, 1.54) is 0 Å². The molecule has 0 aliphatic rings. The highest BCUT2D eigenvalue weighted by Gasteiger charge is 2.02. The summed E-state index contributed by atoms with van der Waals surface area (Å²) in [5.41, 5.74) is 0. The Labute approximate surface area is 175 Å². The van der Waals surface area contributed by atoms with E-state index in [2.05, 4.69) is 6.58 Å². The van der Waals surface area contributed by atoms with Gasteiger partial charge in [0.05, 0.1) is 7.11 Å². The van der Waals surface area contributed by atoms with Crippen molar-refractivity contribution in [3.8, 4) is 34.5 Å². The highest BCUT2D eigenvalue weighted by molar-refractivity contribution is 5.81. The van der Waals surface area contributed by atoms with Crippen LogP contribution in [0.1, 0.15) is 0 Å². The number of esters is 1. The molecule has 0 N–H and O–H groups in total. The normalized spacial score (nSPS) is 10.0. The average Bonchev–Trinajstić information content (AvgIpc) is 2.79. The van der Waals surface area contributed by atoms with Gasteiger partial charge in [-0.15, -0.1) is 0 Å². The molecule has 6 nitrogen and oxygen atoms in total. The largest absolute Gasteiger partial charge is 0.497 e. The standard InChI is InChI=1S/C24H22O6/c1-3-24(25)28-17-16-27-19-6-10-21(11-7-19)30-23-14-12-22(13-15-23)29-20-8-4-18(26-2)5-9-20/h3-15H,1,16-17H2,2H3. The average molecular weight is 406 g/mol. The van der Waals surface area contributed by atoms with Crippen LogP contribution in [0.4, 0.5) is 0 Å². The number of carbonyl (C=O) groups excluding carboxylic acids is 1. The van der Waals surface area contributed by atoms with Crippen molar-refractivity contribution in [1.29, 1.82) is 0 Å². The van der Waals surface area contributed by atoms with Gasteiger partial charge in [0.2, 0.25) is 0 Å². The highest BCUT2D eigenvalue weighted by atomic mass is 16.6. The van der Waals surface area contributed by atoms with Crippen molar-refractivity contribution in [3.05, 3.63) is 85.5 Å². The molecule has 154 valence electrons. The van der Waals surface area contributed by atoms with Crippen molar-refractivity contribution in [2.24, 2.45) is 0 Å². The van der Waals surface area contributed by atoms with E-state index in [-0.39, 0.29) is 13.2 Å². The first kappa shape index (κ1) is 20.8. The summed E-state index contributed by atoms with van der Waals surface area (Å²) in [4.78, 5) is 11.0. The van der Waals surface area contributed by atoms with E-state index in [1.54, 1.807) is 31.4 Å². The smallest absolute Gasteiger partial charge is 0.330 e. The van der Waals surface area contributed by atoms with E-state index in [4.69, 9.17) is 23.7 Å². The Kier molecular flexibility index (Phi) is 7.33. The molecule has 3 aromatic rings. The molecule has 0 saturated heterocycles. The van der Waals surface area contributed by atoms with Gasteiger partial charge in [0.15, 0.2) is 0 Å². The molecule has 0 aromatic heterocycles. The Balaban J connectivity index is 1.48. The van der Waals surface area contributed by atoms with Crippen LogP contribution in [0.15, 0.2) is 85.5 Å². The second kappa shape index (κ2) is 10.6. The molecule has 0 spiro atoms. The monoisotopic (exact) mass is 406 g/mol. The summed E-state index contributed by atoms with van der Waals surface area (Å²) in [7, 11) is 1.62. The van der Waals surface area contributed by atoms with E-state index in [1.807, 2.05) is 48.5 Å². The van der Waals surface area contributed by atoms with Crippen LogP contribution >= 0.6 is 0 Å². The maximum Gasteiger partial charge on any atom is 0.330 e. The lowest BCUT2D eigenvalue weighted by molar-refractivity contribution is -0.138. The fourth-order valence-corrected chi connectivity index (χ4v) is 2.46. The Morgan fingerprint density at radius 3 is 1.50 bits per heavy atom. The van der Waals surface area contributed by atoms with Crippen molar-refractivity contribution in [2.45, 2.75) is 0 Å². The molecule has 0 radical (unpaired) electrons. The number of benzene rings is 3. The summed E-state index contributed by atoms with van der Waals surface area (Å²) in [5, 5.41) is 0. The third kappa shape index (κ3) is 6.31. The molecule has 6 heteroatoms. The molecule has 0 amide bonds. The van der Waals surface area contributed by atoms with Crippen molar-refractivity contribution >= 4 is 5.97 Å². The van der Waals surface area contributed by atoms with E-state index in [9.17, 15) is 4.79 Å². The van der Waals surface area contributed by atoms with Gasteiger partial charge < -0.3 is 23.7 Å². The maximum atomic E-state index is 11.0. The SMILES string of the molecule is C=CC(=O)OCCOc1ccc(Oc2ccc(Oc3ccc(OC)cc3)cc2)cc1. The first-order valence-corrected chi connectivity index (χ1v) is 9.28. The highest BCUT2D eigenvalue weighted by Crippen LogP contribution is 2.28. The molecule has 3 rings (SSSR count). The minimum atomic E-state index is -0.470. The number of carbonyl (C=O) groups is 1. The van der Waals surface area contributed by atoms with Crippen LogP contribution in [0.5, 0.6) is 34.5 Å². The molecule has 0 unspecified atom stereocenters. The Bertz CT molecular complexity index is 946. The van der Waals surface area contributed by atoms with Gasteiger partial charge in [-0.05, 0) is 72.8 Å². The molecule has 0 saturated carbocycles. The molecule has 0 fully saturated rings. The van der Waals surface area contributed by atoms with E-state index in [0.29, 0.717) is 23.0 Å². The number of methoxy groups -OCH3 is 1. The summed E-state index contributed by atoms with van der Waals surface area (Å²) < 4.78 is 27.1. The fraction of sp³-hybridized carbons (Fsp3) is 0.125. The van der Waals surface area contributed by atoms with Gasteiger partial charge in [0.25, 0.3) is 0 Å². The lowest BCUT2D eigenvalue weighted by atomic mass is 10.3.